The highest BCUT2D eigenvalue weighted by molar-refractivity contribution is 9.10. The van der Waals surface area contributed by atoms with E-state index in [9.17, 15) is 4.79 Å². The van der Waals surface area contributed by atoms with Crippen molar-refractivity contribution in [3.05, 3.63) is 64.1 Å². The van der Waals surface area contributed by atoms with E-state index in [1.165, 1.54) is 0 Å². The standard InChI is InChI=1S/C19H15BrN4O2/c1-10-14-9-13(20)3-4-15(14)26-17(10)19(25)22-18-11(2)16(23-24-18)12-5-7-21-8-6-12/h3-9H,1-2H3,(H2,22,23,24,25). The quantitative estimate of drug-likeness (QED) is 0.505. The Labute approximate surface area is 157 Å². The van der Waals surface area contributed by atoms with Gasteiger partial charge in [0, 0.05) is 38.9 Å². The molecule has 0 aliphatic heterocycles. The van der Waals surface area contributed by atoms with Crippen LogP contribution in [-0.4, -0.2) is 21.1 Å². The van der Waals surface area contributed by atoms with Gasteiger partial charge in [-0.15, -0.1) is 0 Å². The Morgan fingerprint density at radius 1 is 1.15 bits per heavy atom. The van der Waals surface area contributed by atoms with Crippen LogP contribution in [0, 0.1) is 13.8 Å². The molecule has 0 unspecified atom stereocenters. The van der Waals surface area contributed by atoms with Gasteiger partial charge < -0.3 is 9.73 Å². The summed E-state index contributed by atoms with van der Waals surface area (Å²) < 4.78 is 6.68. The largest absolute Gasteiger partial charge is 0.451 e. The number of fused-ring (bicyclic) bond motifs is 1. The van der Waals surface area contributed by atoms with Crippen molar-refractivity contribution in [2.24, 2.45) is 0 Å². The smallest absolute Gasteiger partial charge is 0.292 e. The first kappa shape index (κ1) is 16.5. The van der Waals surface area contributed by atoms with Crippen molar-refractivity contribution in [1.82, 2.24) is 15.2 Å². The number of aryl methyl sites for hydroxylation is 1. The number of pyridine rings is 1. The van der Waals surface area contributed by atoms with Crippen LogP contribution >= 0.6 is 15.9 Å². The Balaban J connectivity index is 1.65. The molecule has 0 saturated heterocycles. The van der Waals surface area contributed by atoms with Crippen molar-refractivity contribution in [3.63, 3.8) is 0 Å². The molecule has 0 fully saturated rings. The molecule has 0 saturated carbocycles. The minimum Gasteiger partial charge on any atom is -0.451 e. The first-order valence-electron chi connectivity index (χ1n) is 8.00. The van der Waals surface area contributed by atoms with Crippen LogP contribution < -0.4 is 5.32 Å². The number of H-pyrrole nitrogens is 1. The lowest BCUT2D eigenvalue weighted by atomic mass is 10.1. The number of nitrogens with one attached hydrogen (secondary N) is 2. The van der Waals surface area contributed by atoms with Crippen LogP contribution in [0.4, 0.5) is 5.82 Å². The lowest BCUT2D eigenvalue weighted by Gasteiger charge is -2.02. The molecule has 0 radical (unpaired) electrons. The zero-order valence-electron chi connectivity index (χ0n) is 14.1. The summed E-state index contributed by atoms with van der Waals surface area (Å²) in [6, 6.07) is 9.42. The predicted octanol–water partition coefficient (Wildman–Crippen LogP) is 4.85. The van der Waals surface area contributed by atoms with Gasteiger partial charge in [-0.3, -0.25) is 14.9 Å². The molecule has 0 aliphatic carbocycles. The highest BCUT2D eigenvalue weighted by Crippen LogP contribution is 2.30. The molecule has 7 heteroatoms. The molecule has 26 heavy (non-hydrogen) atoms. The monoisotopic (exact) mass is 410 g/mol. The molecule has 6 nitrogen and oxygen atoms in total. The van der Waals surface area contributed by atoms with Crippen LogP contribution in [0.25, 0.3) is 22.2 Å². The number of anilines is 1. The Bertz CT molecular complexity index is 1120. The third-order valence-corrected chi connectivity index (χ3v) is 4.81. The summed E-state index contributed by atoms with van der Waals surface area (Å²) in [6.45, 7) is 3.77. The van der Waals surface area contributed by atoms with Crippen molar-refractivity contribution in [2.45, 2.75) is 13.8 Å². The van der Waals surface area contributed by atoms with E-state index in [0.717, 1.165) is 32.2 Å². The second-order valence-corrected chi connectivity index (χ2v) is 6.87. The number of amides is 1. The average molecular weight is 411 g/mol. The summed E-state index contributed by atoms with van der Waals surface area (Å²) in [6.07, 6.45) is 3.42. The third-order valence-electron chi connectivity index (χ3n) is 4.32. The van der Waals surface area contributed by atoms with Gasteiger partial charge >= 0.3 is 0 Å². The average Bonchev–Trinajstić information content (AvgIpc) is 3.17. The molecule has 3 heterocycles. The molecule has 2 N–H and O–H groups in total. The van der Waals surface area contributed by atoms with Gasteiger partial charge in [0.1, 0.15) is 5.58 Å². The first-order chi connectivity index (χ1) is 12.5. The SMILES string of the molecule is Cc1c(NC(=O)c2oc3ccc(Br)cc3c2C)n[nH]c1-c1ccncc1. The molecule has 4 aromatic rings. The highest BCUT2D eigenvalue weighted by atomic mass is 79.9. The van der Waals surface area contributed by atoms with E-state index in [4.69, 9.17) is 4.42 Å². The maximum Gasteiger partial charge on any atom is 0.292 e. The first-order valence-corrected chi connectivity index (χ1v) is 8.79. The molecular formula is C19H15BrN4O2. The van der Waals surface area contributed by atoms with E-state index >= 15 is 0 Å². The highest BCUT2D eigenvalue weighted by Gasteiger charge is 2.20. The number of aromatic amines is 1. The fraction of sp³-hybridized carbons (Fsp3) is 0.105. The number of benzene rings is 1. The van der Waals surface area contributed by atoms with Crippen LogP contribution in [0.15, 0.2) is 51.6 Å². The molecule has 0 atom stereocenters. The maximum atomic E-state index is 12.7. The molecule has 130 valence electrons. The predicted molar refractivity (Wildman–Crippen MR) is 103 cm³/mol. The molecule has 1 aromatic carbocycles. The van der Waals surface area contributed by atoms with Crippen molar-refractivity contribution < 1.29 is 9.21 Å². The minimum atomic E-state index is -0.328. The Hall–Kier alpha value is -2.93. The number of hydrogen-bond donors (Lipinski definition) is 2. The molecular weight excluding hydrogens is 396 g/mol. The van der Waals surface area contributed by atoms with Crippen molar-refractivity contribution in [2.75, 3.05) is 5.32 Å². The molecule has 3 aromatic heterocycles. The van der Waals surface area contributed by atoms with Crippen molar-refractivity contribution in [1.29, 1.82) is 0 Å². The number of aromatic nitrogens is 3. The number of rotatable bonds is 3. The molecule has 0 spiro atoms. The topological polar surface area (TPSA) is 83.8 Å². The van der Waals surface area contributed by atoms with Gasteiger partial charge in [-0.05, 0) is 44.2 Å². The third kappa shape index (κ3) is 2.80. The molecule has 0 bridgehead atoms. The van der Waals surface area contributed by atoms with Gasteiger partial charge in [0.2, 0.25) is 0 Å². The number of furan rings is 1. The summed E-state index contributed by atoms with van der Waals surface area (Å²) in [5.41, 5.74) is 4.11. The zero-order valence-corrected chi connectivity index (χ0v) is 15.7. The van der Waals surface area contributed by atoms with Crippen molar-refractivity contribution >= 4 is 38.6 Å². The molecule has 1 amide bonds. The number of nitrogens with zero attached hydrogens (tertiary/aromatic N) is 2. The summed E-state index contributed by atoms with van der Waals surface area (Å²) in [5, 5.41) is 10.9. The zero-order chi connectivity index (χ0) is 18.3. The van der Waals surface area contributed by atoms with E-state index in [1.54, 1.807) is 12.4 Å². The van der Waals surface area contributed by atoms with E-state index in [-0.39, 0.29) is 11.7 Å². The van der Waals surface area contributed by atoms with Crippen LogP contribution in [-0.2, 0) is 0 Å². The number of hydrogen-bond acceptors (Lipinski definition) is 4. The second-order valence-electron chi connectivity index (χ2n) is 5.96. The van der Waals surface area contributed by atoms with Gasteiger partial charge in [0.25, 0.3) is 5.91 Å². The van der Waals surface area contributed by atoms with Crippen molar-refractivity contribution in [3.8, 4) is 11.3 Å². The fourth-order valence-electron chi connectivity index (χ4n) is 2.89. The summed E-state index contributed by atoms with van der Waals surface area (Å²) in [7, 11) is 0. The van der Waals surface area contributed by atoms with Crippen LogP contribution in [0.5, 0.6) is 0 Å². The van der Waals surface area contributed by atoms with E-state index in [2.05, 4.69) is 36.4 Å². The van der Waals surface area contributed by atoms with Gasteiger partial charge in [-0.2, -0.15) is 5.10 Å². The van der Waals surface area contributed by atoms with E-state index in [1.807, 2.05) is 44.2 Å². The van der Waals surface area contributed by atoms with E-state index in [0.29, 0.717) is 11.4 Å². The molecule has 0 aliphatic rings. The van der Waals surface area contributed by atoms with Gasteiger partial charge in [-0.1, -0.05) is 15.9 Å². The van der Waals surface area contributed by atoms with Crippen LogP contribution in [0.1, 0.15) is 21.7 Å². The Morgan fingerprint density at radius 2 is 1.92 bits per heavy atom. The van der Waals surface area contributed by atoms with Crippen LogP contribution in [0.3, 0.4) is 0 Å². The Kier molecular flexibility index (Phi) is 4.08. The van der Waals surface area contributed by atoms with Gasteiger partial charge in [0.05, 0.1) is 5.69 Å². The summed E-state index contributed by atoms with van der Waals surface area (Å²) in [5.74, 6) is 0.430. The number of carbonyl (C=O) groups excluding carboxylic acids is 1. The maximum absolute atomic E-state index is 12.7. The fourth-order valence-corrected chi connectivity index (χ4v) is 3.25. The van der Waals surface area contributed by atoms with Gasteiger partial charge in [0.15, 0.2) is 11.6 Å². The lowest BCUT2D eigenvalue weighted by Crippen LogP contribution is -2.13. The Morgan fingerprint density at radius 3 is 2.69 bits per heavy atom. The van der Waals surface area contributed by atoms with Gasteiger partial charge in [-0.25, -0.2) is 0 Å². The summed E-state index contributed by atoms with van der Waals surface area (Å²) >= 11 is 3.44. The number of halogens is 1. The summed E-state index contributed by atoms with van der Waals surface area (Å²) in [4.78, 5) is 16.7. The van der Waals surface area contributed by atoms with E-state index < -0.39 is 0 Å². The minimum absolute atomic E-state index is 0.283. The molecule has 4 rings (SSSR count). The second kappa shape index (κ2) is 6.42. The lowest BCUT2D eigenvalue weighted by molar-refractivity contribution is 0.0997. The number of carbonyl (C=O) groups is 1. The van der Waals surface area contributed by atoms with Crippen LogP contribution in [0.2, 0.25) is 0 Å². The normalized spacial score (nSPS) is 11.0.